The predicted octanol–water partition coefficient (Wildman–Crippen LogP) is 3.07. The standard InChI is InChI=1S/C19H20N2O4S2/c20-17(23)16-11-5-3-7-13(11)27-18(16)21-15(22)9-25-19(24)14-8-10-4-1-2-6-12(10)26-14/h8H,1-7,9H2,(H2,20,23)(H,21,22). The Bertz CT molecular complexity index is 905. The van der Waals surface area contributed by atoms with Crippen molar-refractivity contribution < 1.29 is 19.1 Å². The lowest BCUT2D eigenvalue weighted by Crippen LogP contribution is -2.22. The van der Waals surface area contributed by atoms with Crippen molar-refractivity contribution in [2.75, 3.05) is 11.9 Å². The number of thiophene rings is 2. The van der Waals surface area contributed by atoms with Gasteiger partial charge in [-0.25, -0.2) is 4.79 Å². The second kappa shape index (κ2) is 7.44. The van der Waals surface area contributed by atoms with Crippen molar-refractivity contribution in [1.82, 2.24) is 0 Å². The Morgan fingerprint density at radius 1 is 1.04 bits per heavy atom. The zero-order valence-corrected chi connectivity index (χ0v) is 16.4. The van der Waals surface area contributed by atoms with E-state index in [4.69, 9.17) is 10.5 Å². The molecule has 2 heterocycles. The molecule has 0 bridgehead atoms. The predicted molar refractivity (Wildman–Crippen MR) is 105 cm³/mol. The molecule has 0 radical (unpaired) electrons. The van der Waals surface area contributed by atoms with Gasteiger partial charge in [-0.05, 0) is 62.1 Å². The van der Waals surface area contributed by atoms with Crippen LogP contribution in [0.4, 0.5) is 5.00 Å². The molecule has 0 aromatic carbocycles. The molecule has 0 unspecified atom stereocenters. The van der Waals surface area contributed by atoms with Crippen molar-refractivity contribution in [3.8, 4) is 0 Å². The second-order valence-electron chi connectivity index (χ2n) is 6.82. The summed E-state index contributed by atoms with van der Waals surface area (Å²) in [5.74, 6) is -1.48. The molecule has 0 aliphatic heterocycles. The molecule has 0 spiro atoms. The fourth-order valence-electron chi connectivity index (χ4n) is 3.71. The monoisotopic (exact) mass is 404 g/mol. The lowest BCUT2D eigenvalue weighted by Gasteiger charge is -2.08. The molecule has 4 rings (SSSR count). The Balaban J connectivity index is 1.38. The number of anilines is 1. The van der Waals surface area contributed by atoms with Gasteiger partial charge in [0.05, 0.1) is 5.56 Å². The van der Waals surface area contributed by atoms with Gasteiger partial charge in [0.25, 0.3) is 11.8 Å². The Hall–Kier alpha value is -2.19. The first-order valence-electron chi connectivity index (χ1n) is 9.06. The van der Waals surface area contributed by atoms with E-state index in [2.05, 4.69) is 5.32 Å². The van der Waals surface area contributed by atoms with Crippen molar-refractivity contribution >= 4 is 45.5 Å². The summed E-state index contributed by atoms with van der Waals surface area (Å²) in [6.45, 7) is -0.387. The third-order valence-corrected chi connectivity index (χ3v) is 7.38. The Kier molecular flexibility index (Phi) is 5.01. The third-order valence-electron chi connectivity index (χ3n) is 4.95. The van der Waals surface area contributed by atoms with E-state index in [9.17, 15) is 14.4 Å². The summed E-state index contributed by atoms with van der Waals surface area (Å²) in [5.41, 5.74) is 8.06. The molecular formula is C19H20N2O4S2. The van der Waals surface area contributed by atoms with Gasteiger partial charge in [0, 0.05) is 9.75 Å². The first-order valence-corrected chi connectivity index (χ1v) is 10.7. The number of hydrogen-bond donors (Lipinski definition) is 2. The number of carbonyl (C=O) groups excluding carboxylic acids is 3. The molecule has 142 valence electrons. The number of esters is 1. The van der Waals surface area contributed by atoms with E-state index in [1.807, 2.05) is 6.07 Å². The van der Waals surface area contributed by atoms with E-state index in [-0.39, 0.29) is 6.61 Å². The normalized spacial score (nSPS) is 15.1. The minimum absolute atomic E-state index is 0.387. The van der Waals surface area contributed by atoms with Gasteiger partial charge >= 0.3 is 5.97 Å². The number of amides is 2. The summed E-state index contributed by atoms with van der Waals surface area (Å²) < 4.78 is 5.17. The molecule has 2 amide bonds. The van der Waals surface area contributed by atoms with Crippen LogP contribution >= 0.6 is 22.7 Å². The van der Waals surface area contributed by atoms with Crippen LogP contribution in [0.25, 0.3) is 0 Å². The van der Waals surface area contributed by atoms with Crippen LogP contribution in [0.15, 0.2) is 6.07 Å². The van der Waals surface area contributed by atoms with Crippen LogP contribution in [0.5, 0.6) is 0 Å². The number of rotatable bonds is 5. The Morgan fingerprint density at radius 3 is 2.59 bits per heavy atom. The van der Waals surface area contributed by atoms with Crippen LogP contribution < -0.4 is 11.1 Å². The third kappa shape index (κ3) is 3.64. The summed E-state index contributed by atoms with van der Waals surface area (Å²) in [7, 11) is 0. The minimum atomic E-state index is -0.536. The molecule has 0 saturated carbocycles. The summed E-state index contributed by atoms with van der Waals surface area (Å²) in [6.07, 6.45) is 7.00. The highest BCUT2D eigenvalue weighted by atomic mass is 32.1. The zero-order valence-electron chi connectivity index (χ0n) is 14.8. The van der Waals surface area contributed by atoms with Gasteiger partial charge in [0.2, 0.25) is 0 Å². The van der Waals surface area contributed by atoms with E-state index in [0.717, 1.165) is 55.4 Å². The van der Waals surface area contributed by atoms with Crippen molar-refractivity contribution in [1.29, 1.82) is 0 Å². The molecule has 2 aliphatic carbocycles. The summed E-state index contributed by atoms with van der Waals surface area (Å²) >= 11 is 2.84. The van der Waals surface area contributed by atoms with Gasteiger partial charge in [0.15, 0.2) is 6.61 Å². The number of aryl methyl sites for hydroxylation is 3. The van der Waals surface area contributed by atoms with Crippen molar-refractivity contribution in [3.05, 3.63) is 37.4 Å². The van der Waals surface area contributed by atoms with Crippen LogP contribution in [0, 0.1) is 0 Å². The molecule has 0 saturated heterocycles. The number of fused-ring (bicyclic) bond motifs is 2. The highest BCUT2D eigenvalue weighted by Gasteiger charge is 2.26. The first-order chi connectivity index (χ1) is 13.0. The fourth-order valence-corrected chi connectivity index (χ4v) is 6.17. The number of carbonyl (C=O) groups is 3. The van der Waals surface area contributed by atoms with Crippen molar-refractivity contribution in [2.45, 2.75) is 44.9 Å². The lowest BCUT2D eigenvalue weighted by atomic mass is 9.99. The van der Waals surface area contributed by atoms with Crippen LogP contribution in [0.3, 0.4) is 0 Å². The number of nitrogens with two attached hydrogens (primary N) is 1. The maximum Gasteiger partial charge on any atom is 0.348 e. The maximum absolute atomic E-state index is 12.2. The van der Waals surface area contributed by atoms with E-state index >= 15 is 0 Å². The largest absolute Gasteiger partial charge is 0.451 e. The van der Waals surface area contributed by atoms with Crippen LogP contribution in [-0.4, -0.2) is 24.4 Å². The summed E-state index contributed by atoms with van der Waals surface area (Å²) in [6, 6.07) is 1.88. The molecule has 27 heavy (non-hydrogen) atoms. The maximum atomic E-state index is 12.2. The summed E-state index contributed by atoms with van der Waals surface area (Å²) in [5, 5.41) is 3.14. The van der Waals surface area contributed by atoms with E-state index in [1.54, 1.807) is 0 Å². The molecule has 0 atom stereocenters. The fraction of sp³-hybridized carbons (Fsp3) is 0.421. The van der Waals surface area contributed by atoms with E-state index < -0.39 is 17.8 Å². The van der Waals surface area contributed by atoms with Crippen molar-refractivity contribution in [2.24, 2.45) is 5.73 Å². The first kappa shape index (κ1) is 18.2. The topological polar surface area (TPSA) is 98.5 Å². The molecule has 2 aromatic heterocycles. The number of hydrogen-bond acceptors (Lipinski definition) is 6. The molecular weight excluding hydrogens is 384 g/mol. The Labute approximate surface area is 164 Å². The van der Waals surface area contributed by atoms with Gasteiger partial charge < -0.3 is 15.8 Å². The summed E-state index contributed by atoms with van der Waals surface area (Å²) in [4.78, 5) is 39.1. The highest BCUT2D eigenvalue weighted by molar-refractivity contribution is 7.17. The van der Waals surface area contributed by atoms with Crippen LogP contribution in [0.2, 0.25) is 0 Å². The minimum Gasteiger partial charge on any atom is -0.451 e. The van der Waals surface area contributed by atoms with Gasteiger partial charge in [-0.15, -0.1) is 22.7 Å². The SMILES string of the molecule is NC(=O)c1c(NC(=O)COC(=O)c2cc3c(s2)CCCC3)sc2c1CCC2. The molecule has 8 heteroatoms. The quantitative estimate of drug-likeness (QED) is 0.748. The van der Waals surface area contributed by atoms with E-state index in [0.29, 0.717) is 15.4 Å². The molecule has 2 aliphatic rings. The second-order valence-corrected chi connectivity index (χ2v) is 9.06. The van der Waals surface area contributed by atoms with Gasteiger partial charge in [-0.2, -0.15) is 0 Å². The van der Waals surface area contributed by atoms with Gasteiger partial charge in [-0.1, -0.05) is 0 Å². The Morgan fingerprint density at radius 2 is 1.81 bits per heavy atom. The van der Waals surface area contributed by atoms with E-state index in [1.165, 1.54) is 33.1 Å². The number of nitrogens with one attached hydrogen (secondary N) is 1. The molecule has 2 aromatic rings. The average molecular weight is 405 g/mol. The van der Waals surface area contributed by atoms with Gasteiger partial charge in [-0.3, -0.25) is 9.59 Å². The smallest absolute Gasteiger partial charge is 0.348 e. The van der Waals surface area contributed by atoms with Crippen LogP contribution in [0.1, 0.15) is 60.2 Å². The number of ether oxygens (including phenoxy) is 1. The van der Waals surface area contributed by atoms with Crippen LogP contribution in [-0.2, 0) is 35.2 Å². The van der Waals surface area contributed by atoms with Gasteiger partial charge in [0.1, 0.15) is 9.88 Å². The highest BCUT2D eigenvalue weighted by Crippen LogP contribution is 2.38. The molecule has 3 N–H and O–H groups in total. The zero-order chi connectivity index (χ0) is 19.0. The number of primary amides is 1. The average Bonchev–Trinajstić information content (AvgIpc) is 3.32. The molecule has 6 nitrogen and oxygen atoms in total. The van der Waals surface area contributed by atoms with Crippen molar-refractivity contribution in [3.63, 3.8) is 0 Å². The molecule has 0 fully saturated rings. The lowest BCUT2D eigenvalue weighted by molar-refractivity contribution is -0.119.